The Labute approximate surface area is 117 Å². The second kappa shape index (κ2) is 6.89. The average molecular weight is 274 g/mol. The summed E-state index contributed by atoms with van der Waals surface area (Å²) < 4.78 is 0. The molecule has 5 heteroatoms. The summed E-state index contributed by atoms with van der Waals surface area (Å²) >= 11 is 1.53. The fraction of sp³-hybridized carbons (Fsp3) is 0.286. The zero-order valence-electron chi connectivity index (χ0n) is 11.2. The van der Waals surface area contributed by atoms with Crippen LogP contribution in [0.4, 0.5) is 10.8 Å². The molecule has 1 aromatic heterocycles. The maximum Gasteiger partial charge on any atom is 0.203 e. The molecule has 2 aromatic rings. The lowest BCUT2D eigenvalue weighted by molar-refractivity contribution is 0.866. The number of hydrazone groups is 1. The number of aromatic nitrogens is 1. The molecule has 0 aliphatic heterocycles. The van der Waals surface area contributed by atoms with E-state index in [4.69, 9.17) is 0 Å². The molecule has 19 heavy (non-hydrogen) atoms. The number of hydrogen-bond donors (Lipinski definition) is 1. The molecule has 100 valence electrons. The SMILES string of the molecule is CCN(CC)c1ccc(/C=N\Nc2nccs2)cc1. The van der Waals surface area contributed by atoms with Gasteiger partial charge in [-0.2, -0.15) is 5.10 Å². The van der Waals surface area contributed by atoms with E-state index in [2.05, 4.69) is 58.5 Å². The highest BCUT2D eigenvalue weighted by molar-refractivity contribution is 7.13. The Kier molecular flexibility index (Phi) is 4.92. The second-order valence-corrected chi connectivity index (χ2v) is 4.87. The highest BCUT2D eigenvalue weighted by Gasteiger charge is 2.00. The standard InChI is InChI=1S/C14H18N4S/c1-3-18(4-2)13-7-5-12(6-8-13)11-16-17-14-15-9-10-19-14/h5-11H,3-4H2,1-2H3,(H,15,17)/b16-11-. The van der Waals surface area contributed by atoms with Gasteiger partial charge in [0.15, 0.2) is 0 Å². The minimum Gasteiger partial charge on any atom is -0.372 e. The molecule has 0 amide bonds. The number of anilines is 2. The first kappa shape index (κ1) is 13.5. The van der Waals surface area contributed by atoms with Crippen molar-refractivity contribution in [1.29, 1.82) is 0 Å². The summed E-state index contributed by atoms with van der Waals surface area (Å²) in [6.45, 7) is 6.37. The summed E-state index contributed by atoms with van der Waals surface area (Å²) in [5.74, 6) is 0. The van der Waals surface area contributed by atoms with Gasteiger partial charge in [-0.1, -0.05) is 12.1 Å². The van der Waals surface area contributed by atoms with Crippen molar-refractivity contribution in [1.82, 2.24) is 4.98 Å². The molecule has 0 bridgehead atoms. The van der Waals surface area contributed by atoms with Crippen LogP contribution in [0.25, 0.3) is 0 Å². The van der Waals surface area contributed by atoms with Crippen LogP contribution in [0.1, 0.15) is 19.4 Å². The smallest absolute Gasteiger partial charge is 0.203 e. The summed E-state index contributed by atoms with van der Waals surface area (Å²) in [6.07, 6.45) is 3.55. The van der Waals surface area contributed by atoms with Crippen molar-refractivity contribution in [3.8, 4) is 0 Å². The van der Waals surface area contributed by atoms with Crippen LogP contribution in [0, 0.1) is 0 Å². The van der Waals surface area contributed by atoms with E-state index < -0.39 is 0 Å². The van der Waals surface area contributed by atoms with Crippen molar-refractivity contribution in [3.63, 3.8) is 0 Å². The highest BCUT2D eigenvalue weighted by Crippen LogP contribution is 2.14. The highest BCUT2D eigenvalue weighted by atomic mass is 32.1. The minimum atomic E-state index is 0.802. The van der Waals surface area contributed by atoms with Crippen molar-refractivity contribution in [2.75, 3.05) is 23.4 Å². The molecule has 0 atom stereocenters. The van der Waals surface area contributed by atoms with Crippen molar-refractivity contribution >= 4 is 28.4 Å². The monoisotopic (exact) mass is 274 g/mol. The van der Waals surface area contributed by atoms with Crippen LogP contribution >= 0.6 is 11.3 Å². The van der Waals surface area contributed by atoms with Gasteiger partial charge in [0.2, 0.25) is 5.13 Å². The van der Waals surface area contributed by atoms with E-state index in [0.717, 1.165) is 23.8 Å². The lowest BCUT2D eigenvalue weighted by Gasteiger charge is -2.20. The molecular formula is C14H18N4S. The molecule has 0 radical (unpaired) electrons. The predicted molar refractivity (Wildman–Crippen MR) is 83.3 cm³/mol. The van der Waals surface area contributed by atoms with Crippen molar-refractivity contribution in [2.45, 2.75) is 13.8 Å². The number of nitrogens with zero attached hydrogens (tertiary/aromatic N) is 3. The Hall–Kier alpha value is -1.88. The van der Waals surface area contributed by atoms with E-state index in [9.17, 15) is 0 Å². The molecule has 0 aliphatic rings. The lowest BCUT2D eigenvalue weighted by Crippen LogP contribution is -2.21. The Morgan fingerprint density at radius 3 is 2.58 bits per heavy atom. The van der Waals surface area contributed by atoms with Crippen LogP contribution in [0.15, 0.2) is 40.9 Å². The van der Waals surface area contributed by atoms with Crippen LogP contribution in [0.3, 0.4) is 0 Å². The minimum absolute atomic E-state index is 0.802. The van der Waals surface area contributed by atoms with Crippen LogP contribution < -0.4 is 10.3 Å². The van der Waals surface area contributed by atoms with Crippen molar-refractivity contribution < 1.29 is 0 Å². The normalized spacial score (nSPS) is 10.8. The van der Waals surface area contributed by atoms with Gasteiger partial charge >= 0.3 is 0 Å². The topological polar surface area (TPSA) is 40.5 Å². The average Bonchev–Trinajstić information content (AvgIpc) is 2.95. The molecule has 1 heterocycles. The molecule has 0 saturated heterocycles. The lowest BCUT2D eigenvalue weighted by atomic mass is 10.2. The molecule has 4 nitrogen and oxygen atoms in total. The molecule has 1 aromatic carbocycles. The van der Waals surface area contributed by atoms with Gasteiger partial charge in [-0.3, -0.25) is 5.43 Å². The van der Waals surface area contributed by atoms with Gasteiger partial charge in [0.1, 0.15) is 0 Å². The molecule has 0 spiro atoms. The Bertz CT molecular complexity index is 501. The summed E-state index contributed by atoms with van der Waals surface area (Å²) in [7, 11) is 0. The maximum atomic E-state index is 4.16. The first-order valence-electron chi connectivity index (χ1n) is 6.37. The number of hydrogen-bond acceptors (Lipinski definition) is 5. The first-order valence-corrected chi connectivity index (χ1v) is 7.25. The van der Waals surface area contributed by atoms with E-state index in [1.54, 1.807) is 12.4 Å². The van der Waals surface area contributed by atoms with Gasteiger partial charge < -0.3 is 4.90 Å². The summed E-state index contributed by atoms with van der Waals surface area (Å²) in [6, 6.07) is 8.39. The molecule has 2 rings (SSSR count). The third kappa shape index (κ3) is 3.79. The van der Waals surface area contributed by atoms with E-state index in [1.807, 2.05) is 5.38 Å². The zero-order valence-corrected chi connectivity index (χ0v) is 12.0. The van der Waals surface area contributed by atoms with Crippen LogP contribution in [0.2, 0.25) is 0 Å². The van der Waals surface area contributed by atoms with Crippen molar-refractivity contribution in [2.24, 2.45) is 5.10 Å². The third-order valence-electron chi connectivity index (χ3n) is 2.83. The summed E-state index contributed by atoms with van der Waals surface area (Å²) in [5.41, 5.74) is 5.21. The number of benzene rings is 1. The largest absolute Gasteiger partial charge is 0.372 e. The van der Waals surface area contributed by atoms with Crippen molar-refractivity contribution in [3.05, 3.63) is 41.4 Å². The quantitative estimate of drug-likeness (QED) is 0.648. The Morgan fingerprint density at radius 1 is 1.26 bits per heavy atom. The van der Waals surface area contributed by atoms with Gasteiger partial charge in [0.05, 0.1) is 6.21 Å². The second-order valence-electron chi connectivity index (χ2n) is 3.97. The predicted octanol–water partition coefficient (Wildman–Crippen LogP) is 3.44. The Morgan fingerprint density at radius 2 is 2.00 bits per heavy atom. The van der Waals surface area contributed by atoms with Gasteiger partial charge in [-0.25, -0.2) is 4.98 Å². The van der Waals surface area contributed by atoms with E-state index in [1.165, 1.54) is 17.0 Å². The summed E-state index contributed by atoms with van der Waals surface area (Å²) in [4.78, 5) is 6.41. The van der Waals surface area contributed by atoms with Gasteiger partial charge in [0.25, 0.3) is 0 Å². The number of nitrogens with one attached hydrogen (secondary N) is 1. The molecule has 0 unspecified atom stereocenters. The van der Waals surface area contributed by atoms with Crippen LogP contribution in [-0.2, 0) is 0 Å². The van der Waals surface area contributed by atoms with Crippen LogP contribution in [0.5, 0.6) is 0 Å². The summed E-state index contributed by atoms with van der Waals surface area (Å²) in [5, 5.41) is 6.87. The van der Waals surface area contributed by atoms with E-state index in [-0.39, 0.29) is 0 Å². The van der Waals surface area contributed by atoms with Gasteiger partial charge in [-0.05, 0) is 31.5 Å². The molecule has 0 aliphatic carbocycles. The fourth-order valence-corrected chi connectivity index (χ4v) is 2.28. The third-order valence-corrected chi connectivity index (χ3v) is 3.51. The number of thiazole rings is 1. The fourth-order valence-electron chi connectivity index (χ4n) is 1.80. The first-order chi connectivity index (χ1) is 9.33. The zero-order chi connectivity index (χ0) is 13.5. The molecule has 0 fully saturated rings. The van der Waals surface area contributed by atoms with Crippen LogP contribution in [-0.4, -0.2) is 24.3 Å². The van der Waals surface area contributed by atoms with Gasteiger partial charge in [-0.15, -0.1) is 11.3 Å². The molecular weight excluding hydrogens is 256 g/mol. The maximum absolute atomic E-state index is 4.16. The molecule has 1 N–H and O–H groups in total. The Balaban J connectivity index is 1.96. The van der Waals surface area contributed by atoms with E-state index >= 15 is 0 Å². The molecule has 0 saturated carbocycles. The number of rotatable bonds is 6. The van der Waals surface area contributed by atoms with E-state index in [0.29, 0.717) is 0 Å². The van der Waals surface area contributed by atoms with Gasteiger partial charge in [0, 0.05) is 30.4 Å².